The Morgan fingerprint density at radius 1 is 1.33 bits per heavy atom. The molecule has 6 nitrogen and oxygen atoms in total. The molecule has 2 aliphatic heterocycles. The first-order chi connectivity index (χ1) is 11.6. The molecule has 0 bridgehead atoms. The molecule has 1 N–H and O–H groups in total. The monoisotopic (exact) mass is 347 g/mol. The second-order valence-electron chi connectivity index (χ2n) is 6.08. The number of benzene rings is 1. The van der Waals surface area contributed by atoms with Gasteiger partial charge in [0.15, 0.2) is 5.17 Å². The van der Waals surface area contributed by atoms with Gasteiger partial charge in [0.05, 0.1) is 24.0 Å². The molecule has 0 spiro atoms. The summed E-state index contributed by atoms with van der Waals surface area (Å²) in [4.78, 5) is 28.4. The number of amides is 1. The van der Waals surface area contributed by atoms with E-state index in [1.54, 1.807) is 16.7 Å². The van der Waals surface area contributed by atoms with Gasteiger partial charge >= 0.3 is 0 Å². The van der Waals surface area contributed by atoms with Crippen molar-refractivity contribution in [1.29, 1.82) is 0 Å². The molecular formula is C16H18FN5OS. The quantitative estimate of drug-likeness (QED) is 0.856. The zero-order valence-corrected chi connectivity index (χ0v) is 14.1. The third-order valence-corrected chi connectivity index (χ3v) is 5.50. The number of carbonyl (C=O) groups is 1. The number of hydrogen-bond acceptors (Lipinski definition) is 5. The van der Waals surface area contributed by atoms with E-state index in [1.807, 2.05) is 0 Å². The highest BCUT2D eigenvalue weighted by Crippen LogP contribution is 2.24. The third-order valence-electron chi connectivity index (χ3n) is 4.35. The van der Waals surface area contributed by atoms with Crippen LogP contribution in [0.25, 0.3) is 11.0 Å². The van der Waals surface area contributed by atoms with Crippen molar-refractivity contribution in [1.82, 2.24) is 19.8 Å². The summed E-state index contributed by atoms with van der Waals surface area (Å²) >= 11 is 1.79. The molecule has 126 valence electrons. The van der Waals surface area contributed by atoms with Gasteiger partial charge in [-0.1, -0.05) is 18.7 Å². The smallest absolute Gasteiger partial charge is 0.256 e. The number of aromatic nitrogens is 2. The second kappa shape index (κ2) is 6.08. The molecule has 4 rings (SSSR count). The number of rotatable bonds is 1. The summed E-state index contributed by atoms with van der Waals surface area (Å²) in [5, 5.41) is 1.61. The molecular weight excluding hydrogens is 329 g/mol. The fourth-order valence-corrected chi connectivity index (χ4v) is 4.07. The average molecular weight is 347 g/mol. The van der Waals surface area contributed by atoms with Gasteiger partial charge in [0.25, 0.3) is 5.91 Å². The number of amidine groups is 1. The van der Waals surface area contributed by atoms with Crippen molar-refractivity contribution in [2.24, 2.45) is 4.99 Å². The average Bonchev–Trinajstić information content (AvgIpc) is 3.22. The number of thioether (sulfide) groups is 1. The zero-order chi connectivity index (χ0) is 16.7. The summed E-state index contributed by atoms with van der Waals surface area (Å²) in [6, 6.07) is 2.63. The molecule has 1 amide bonds. The van der Waals surface area contributed by atoms with Crippen molar-refractivity contribution < 1.29 is 9.18 Å². The van der Waals surface area contributed by atoms with Gasteiger partial charge in [-0.05, 0) is 12.1 Å². The molecule has 0 radical (unpaired) electrons. The Kier molecular flexibility index (Phi) is 3.91. The maximum atomic E-state index is 13.8. The van der Waals surface area contributed by atoms with E-state index in [0.717, 1.165) is 24.8 Å². The zero-order valence-electron chi connectivity index (χ0n) is 13.3. The van der Waals surface area contributed by atoms with Gasteiger partial charge in [0.2, 0.25) is 0 Å². The Morgan fingerprint density at radius 3 is 2.83 bits per heavy atom. The van der Waals surface area contributed by atoms with Crippen LogP contribution in [-0.2, 0) is 0 Å². The molecule has 0 aliphatic carbocycles. The van der Waals surface area contributed by atoms with Gasteiger partial charge in [-0.3, -0.25) is 9.79 Å². The van der Waals surface area contributed by atoms with Crippen LogP contribution in [0.15, 0.2) is 23.5 Å². The highest BCUT2D eigenvalue weighted by Gasteiger charge is 2.28. The van der Waals surface area contributed by atoms with Crippen LogP contribution in [0.2, 0.25) is 0 Å². The molecule has 8 heteroatoms. The third kappa shape index (κ3) is 2.75. The van der Waals surface area contributed by atoms with Crippen LogP contribution in [0.4, 0.5) is 4.39 Å². The Bertz CT molecular complexity index is 812. The maximum Gasteiger partial charge on any atom is 0.256 e. The molecule has 0 unspecified atom stereocenters. The predicted molar refractivity (Wildman–Crippen MR) is 92.9 cm³/mol. The minimum absolute atomic E-state index is 0.166. The molecule has 24 heavy (non-hydrogen) atoms. The van der Waals surface area contributed by atoms with E-state index in [2.05, 4.69) is 26.8 Å². The number of fused-ring (bicyclic) bond motifs is 1. The van der Waals surface area contributed by atoms with E-state index in [0.29, 0.717) is 34.9 Å². The first kappa shape index (κ1) is 15.4. The molecule has 2 aliphatic rings. The van der Waals surface area contributed by atoms with Gasteiger partial charge in [0, 0.05) is 31.4 Å². The van der Waals surface area contributed by atoms with Crippen LogP contribution in [0.5, 0.6) is 0 Å². The van der Waals surface area contributed by atoms with Crippen LogP contribution in [0.3, 0.4) is 0 Å². The van der Waals surface area contributed by atoms with E-state index in [9.17, 15) is 9.18 Å². The van der Waals surface area contributed by atoms with E-state index < -0.39 is 5.82 Å². The van der Waals surface area contributed by atoms with Gasteiger partial charge < -0.3 is 14.8 Å². The Labute approximate surface area is 143 Å². The molecule has 1 aromatic heterocycles. The molecule has 1 fully saturated rings. The van der Waals surface area contributed by atoms with Gasteiger partial charge in [-0.25, -0.2) is 9.37 Å². The standard InChI is InChI=1S/C16H18FN5OS/c1-10-8-18-16(24-10)22-4-2-21(3-5-22)15(23)12-6-11(17)7-13-14(12)20-9-19-13/h6-7,9-10H,2-5,8H2,1H3,(H,19,20)/t10-/m1/s1. The summed E-state index contributed by atoms with van der Waals surface area (Å²) in [7, 11) is 0. The molecule has 0 saturated carbocycles. The van der Waals surface area contributed by atoms with E-state index in [-0.39, 0.29) is 5.91 Å². The first-order valence-corrected chi connectivity index (χ1v) is 8.88. The number of nitrogens with one attached hydrogen (secondary N) is 1. The summed E-state index contributed by atoms with van der Waals surface area (Å²) in [5.74, 6) is -0.597. The van der Waals surface area contributed by atoms with Gasteiger partial charge in [-0.15, -0.1) is 0 Å². The van der Waals surface area contributed by atoms with E-state index in [1.165, 1.54) is 18.5 Å². The normalized spacial score (nSPS) is 21.4. The maximum absolute atomic E-state index is 13.8. The number of halogens is 1. The van der Waals surface area contributed by atoms with Crippen molar-refractivity contribution >= 4 is 33.9 Å². The largest absolute Gasteiger partial charge is 0.348 e. The highest BCUT2D eigenvalue weighted by atomic mass is 32.2. The summed E-state index contributed by atoms with van der Waals surface area (Å²) in [5.41, 5.74) is 1.39. The number of H-pyrrole nitrogens is 1. The van der Waals surface area contributed by atoms with Crippen LogP contribution >= 0.6 is 11.8 Å². The number of imidazole rings is 1. The minimum Gasteiger partial charge on any atom is -0.348 e. The molecule has 1 saturated heterocycles. The lowest BCUT2D eigenvalue weighted by atomic mass is 10.1. The second-order valence-corrected chi connectivity index (χ2v) is 7.49. The van der Waals surface area contributed by atoms with Crippen LogP contribution in [0.1, 0.15) is 17.3 Å². The first-order valence-electron chi connectivity index (χ1n) is 8.00. The van der Waals surface area contributed by atoms with Crippen molar-refractivity contribution in [3.8, 4) is 0 Å². The molecule has 2 aromatic rings. The number of nitrogens with zero attached hydrogens (tertiary/aromatic N) is 4. The van der Waals surface area contributed by atoms with Crippen molar-refractivity contribution in [3.63, 3.8) is 0 Å². The Hall–Kier alpha value is -2.09. The Morgan fingerprint density at radius 2 is 2.12 bits per heavy atom. The number of aliphatic imine (C=N–C) groups is 1. The lowest BCUT2D eigenvalue weighted by Gasteiger charge is -2.35. The summed E-state index contributed by atoms with van der Waals surface area (Å²) < 4.78 is 13.8. The molecule has 1 atom stereocenters. The number of aromatic amines is 1. The summed E-state index contributed by atoms with van der Waals surface area (Å²) in [6.07, 6.45) is 1.48. The van der Waals surface area contributed by atoms with Crippen LogP contribution in [0, 0.1) is 5.82 Å². The fraction of sp³-hybridized carbons (Fsp3) is 0.438. The molecule has 1 aromatic carbocycles. The predicted octanol–water partition coefficient (Wildman–Crippen LogP) is 1.95. The topological polar surface area (TPSA) is 64.6 Å². The lowest BCUT2D eigenvalue weighted by molar-refractivity contribution is 0.0695. The van der Waals surface area contributed by atoms with Crippen LogP contribution < -0.4 is 0 Å². The highest BCUT2D eigenvalue weighted by molar-refractivity contribution is 8.14. The molecule has 3 heterocycles. The van der Waals surface area contributed by atoms with Gasteiger partial charge in [-0.2, -0.15) is 0 Å². The van der Waals surface area contributed by atoms with Crippen molar-refractivity contribution in [2.45, 2.75) is 12.2 Å². The van der Waals surface area contributed by atoms with Crippen molar-refractivity contribution in [3.05, 3.63) is 29.8 Å². The van der Waals surface area contributed by atoms with Crippen LogP contribution in [-0.4, -0.2) is 68.8 Å². The lowest BCUT2D eigenvalue weighted by Crippen LogP contribution is -2.49. The minimum atomic E-state index is -0.431. The van der Waals surface area contributed by atoms with Gasteiger partial charge in [0.1, 0.15) is 11.3 Å². The fourth-order valence-electron chi connectivity index (χ4n) is 3.08. The SMILES string of the molecule is C[C@@H]1CN=C(N2CCN(C(=O)c3cc(F)cc4[nH]cnc34)CC2)S1. The Balaban J connectivity index is 1.49. The number of piperazine rings is 1. The van der Waals surface area contributed by atoms with Crippen molar-refractivity contribution in [2.75, 3.05) is 32.7 Å². The summed E-state index contributed by atoms with van der Waals surface area (Å²) in [6.45, 7) is 5.75. The number of carbonyl (C=O) groups excluding carboxylic acids is 1. The van der Waals surface area contributed by atoms with E-state index in [4.69, 9.17) is 0 Å². The van der Waals surface area contributed by atoms with E-state index >= 15 is 0 Å². The number of hydrogen-bond donors (Lipinski definition) is 1.